The number of nitrogens with zero attached hydrogens (tertiary/aromatic N) is 2. The summed E-state index contributed by atoms with van der Waals surface area (Å²) in [7, 11) is 0. The van der Waals surface area contributed by atoms with E-state index < -0.39 is 28.3 Å². The maximum Gasteiger partial charge on any atom is 0.235 e. The lowest BCUT2D eigenvalue weighted by Crippen LogP contribution is -2.02. The van der Waals surface area contributed by atoms with Crippen LogP contribution in [0.1, 0.15) is 0 Å². The second-order valence-electron chi connectivity index (χ2n) is 4.65. The lowest BCUT2D eigenvalue weighted by molar-refractivity contribution is 0.449. The monoisotopic (exact) mass is 312 g/mol. The van der Waals surface area contributed by atoms with E-state index in [1.54, 1.807) is 12.1 Å². The Morgan fingerprint density at radius 1 is 0.913 bits per heavy atom. The molecule has 3 rings (SSSR count). The fraction of sp³-hybridized carbons (Fsp3) is 0. The molecule has 0 atom stereocenters. The predicted octanol–water partition coefficient (Wildman–Crippen LogP) is 3.67. The van der Waals surface area contributed by atoms with Crippen LogP contribution in [0.4, 0.5) is 11.4 Å². The van der Waals surface area contributed by atoms with E-state index in [2.05, 4.69) is 10.4 Å². The summed E-state index contributed by atoms with van der Waals surface area (Å²) in [5.41, 5.74) is -1.39. The Labute approximate surface area is 127 Å². The fourth-order valence-corrected chi connectivity index (χ4v) is 2.20. The molecule has 0 radical (unpaired) electrons. The number of fused-ring (bicyclic) bond motifs is 1. The Balaban J connectivity index is 2.37. The van der Waals surface area contributed by atoms with Crippen molar-refractivity contribution in [2.75, 3.05) is 0 Å². The second kappa shape index (κ2) is 5.34. The standard InChI is InChI=1S/C15H8N2O6/c18-12-8-3-1-2-4-11(8)23-15(14(12)20)7-5-9(16-21)13(19)10(6-7)17-22/h1-6,19-20H. The number of phenols is 1. The summed E-state index contributed by atoms with van der Waals surface area (Å²) in [6.07, 6.45) is 0. The van der Waals surface area contributed by atoms with Crippen molar-refractivity contribution >= 4 is 22.3 Å². The van der Waals surface area contributed by atoms with E-state index in [0.29, 0.717) is 0 Å². The first-order valence-corrected chi connectivity index (χ1v) is 6.35. The van der Waals surface area contributed by atoms with Crippen LogP contribution in [0.2, 0.25) is 0 Å². The van der Waals surface area contributed by atoms with Gasteiger partial charge in [-0.3, -0.25) is 4.79 Å². The van der Waals surface area contributed by atoms with Crippen molar-refractivity contribution in [2.24, 2.45) is 10.4 Å². The van der Waals surface area contributed by atoms with Gasteiger partial charge in [0.05, 0.1) is 5.39 Å². The van der Waals surface area contributed by atoms with Crippen LogP contribution < -0.4 is 5.43 Å². The Hall–Kier alpha value is -3.55. The summed E-state index contributed by atoms with van der Waals surface area (Å²) >= 11 is 0. The van der Waals surface area contributed by atoms with Crippen molar-refractivity contribution in [1.29, 1.82) is 0 Å². The van der Waals surface area contributed by atoms with E-state index in [4.69, 9.17) is 4.42 Å². The van der Waals surface area contributed by atoms with Crippen molar-refractivity contribution in [3.63, 3.8) is 0 Å². The molecule has 0 aliphatic rings. The minimum atomic E-state index is -0.693. The largest absolute Gasteiger partial charge is 0.504 e. The molecule has 0 bridgehead atoms. The van der Waals surface area contributed by atoms with Gasteiger partial charge in [0.25, 0.3) is 0 Å². The Morgan fingerprint density at radius 2 is 1.52 bits per heavy atom. The van der Waals surface area contributed by atoms with E-state index >= 15 is 0 Å². The minimum Gasteiger partial charge on any atom is -0.504 e. The molecule has 0 saturated heterocycles. The number of para-hydroxylation sites is 1. The first-order chi connectivity index (χ1) is 11.1. The van der Waals surface area contributed by atoms with Crippen LogP contribution >= 0.6 is 0 Å². The predicted molar refractivity (Wildman–Crippen MR) is 82.2 cm³/mol. The molecule has 0 unspecified atom stereocenters. The van der Waals surface area contributed by atoms with Gasteiger partial charge < -0.3 is 14.6 Å². The topological polar surface area (TPSA) is 130 Å². The molecule has 3 aromatic rings. The van der Waals surface area contributed by atoms with Crippen LogP contribution in [0.5, 0.6) is 11.5 Å². The molecule has 23 heavy (non-hydrogen) atoms. The molecule has 8 heteroatoms. The van der Waals surface area contributed by atoms with E-state index in [1.165, 1.54) is 12.1 Å². The minimum absolute atomic E-state index is 0.00681. The SMILES string of the molecule is O=Nc1cc(-c2oc3ccccc3c(=O)c2O)cc(N=O)c1O. The van der Waals surface area contributed by atoms with Crippen molar-refractivity contribution in [3.8, 4) is 22.8 Å². The van der Waals surface area contributed by atoms with E-state index in [1.807, 2.05) is 0 Å². The van der Waals surface area contributed by atoms with Gasteiger partial charge in [0.2, 0.25) is 11.2 Å². The summed E-state index contributed by atoms with van der Waals surface area (Å²) in [5, 5.41) is 25.0. The highest BCUT2D eigenvalue weighted by Gasteiger charge is 2.19. The number of hydrogen-bond acceptors (Lipinski definition) is 8. The molecule has 114 valence electrons. The van der Waals surface area contributed by atoms with Gasteiger partial charge in [-0.25, -0.2) is 0 Å². The van der Waals surface area contributed by atoms with Gasteiger partial charge in [0, 0.05) is 5.56 Å². The van der Waals surface area contributed by atoms with E-state index in [0.717, 1.165) is 12.1 Å². The van der Waals surface area contributed by atoms with Gasteiger partial charge in [-0.15, -0.1) is 9.81 Å². The molecule has 0 saturated carbocycles. The number of nitroso groups, excluding NO2 is 2. The fourth-order valence-electron chi connectivity index (χ4n) is 2.20. The summed E-state index contributed by atoms with van der Waals surface area (Å²) in [4.78, 5) is 33.6. The van der Waals surface area contributed by atoms with Gasteiger partial charge >= 0.3 is 0 Å². The third-order valence-corrected chi connectivity index (χ3v) is 3.30. The third-order valence-electron chi connectivity index (χ3n) is 3.30. The van der Waals surface area contributed by atoms with Crippen molar-refractivity contribution in [3.05, 3.63) is 56.4 Å². The number of rotatable bonds is 3. The molecular weight excluding hydrogens is 304 g/mol. The van der Waals surface area contributed by atoms with Gasteiger partial charge in [-0.2, -0.15) is 0 Å². The van der Waals surface area contributed by atoms with Crippen molar-refractivity contribution in [1.82, 2.24) is 0 Å². The molecule has 0 spiro atoms. The smallest absolute Gasteiger partial charge is 0.235 e. The van der Waals surface area contributed by atoms with E-state index in [9.17, 15) is 24.8 Å². The van der Waals surface area contributed by atoms with Crippen LogP contribution in [0.3, 0.4) is 0 Å². The van der Waals surface area contributed by atoms with Crippen LogP contribution in [0.25, 0.3) is 22.3 Å². The highest BCUT2D eigenvalue weighted by atomic mass is 16.4. The number of benzene rings is 2. The van der Waals surface area contributed by atoms with Crippen molar-refractivity contribution < 1.29 is 14.6 Å². The Kier molecular flexibility index (Phi) is 3.34. The van der Waals surface area contributed by atoms with Gasteiger partial charge in [0.1, 0.15) is 5.58 Å². The summed E-state index contributed by atoms with van der Waals surface area (Å²) in [6, 6.07) is 8.41. The molecule has 0 aliphatic carbocycles. The van der Waals surface area contributed by atoms with Crippen LogP contribution in [-0.2, 0) is 0 Å². The maximum absolute atomic E-state index is 12.2. The number of hydrogen-bond donors (Lipinski definition) is 2. The highest BCUT2D eigenvalue weighted by Crippen LogP contribution is 2.42. The second-order valence-corrected chi connectivity index (χ2v) is 4.65. The van der Waals surface area contributed by atoms with Crippen LogP contribution in [-0.4, -0.2) is 10.2 Å². The zero-order valence-corrected chi connectivity index (χ0v) is 11.4. The number of phenolic OH excluding ortho intramolecular Hbond substituents is 1. The molecule has 2 aromatic carbocycles. The number of aromatic hydroxyl groups is 2. The Bertz CT molecular complexity index is 980. The molecule has 1 aromatic heterocycles. The summed E-state index contributed by atoms with van der Waals surface area (Å²) < 4.78 is 5.48. The van der Waals surface area contributed by atoms with Crippen molar-refractivity contribution in [2.45, 2.75) is 0 Å². The van der Waals surface area contributed by atoms with Crippen LogP contribution in [0.15, 0.2) is 56.0 Å². The lowest BCUT2D eigenvalue weighted by Gasteiger charge is -2.07. The molecule has 0 amide bonds. The first-order valence-electron chi connectivity index (χ1n) is 6.35. The van der Waals surface area contributed by atoms with Gasteiger partial charge in [-0.05, 0) is 34.6 Å². The normalized spacial score (nSPS) is 10.6. The molecule has 8 nitrogen and oxygen atoms in total. The molecule has 2 N–H and O–H groups in total. The van der Waals surface area contributed by atoms with Crippen LogP contribution in [0, 0.1) is 9.81 Å². The van der Waals surface area contributed by atoms with Gasteiger partial charge in [-0.1, -0.05) is 12.1 Å². The third kappa shape index (κ3) is 2.22. The zero-order chi connectivity index (χ0) is 16.6. The maximum atomic E-state index is 12.2. The van der Waals surface area contributed by atoms with Gasteiger partial charge in [0.15, 0.2) is 22.9 Å². The first kappa shape index (κ1) is 14.4. The Morgan fingerprint density at radius 3 is 2.13 bits per heavy atom. The summed E-state index contributed by atoms with van der Waals surface area (Å²) in [5.74, 6) is -1.65. The summed E-state index contributed by atoms with van der Waals surface area (Å²) in [6.45, 7) is 0. The molecular formula is C15H8N2O6. The molecule has 1 heterocycles. The highest BCUT2D eigenvalue weighted by molar-refractivity contribution is 5.84. The average molecular weight is 312 g/mol. The zero-order valence-electron chi connectivity index (χ0n) is 11.4. The molecule has 0 aliphatic heterocycles. The quantitative estimate of drug-likeness (QED) is 0.710. The lowest BCUT2D eigenvalue weighted by atomic mass is 10.1. The van der Waals surface area contributed by atoms with E-state index in [-0.39, 0.29) is 22.3 Å². The average Bonchev–Trinajstić information content (AvgIpc) is 2.58. The molecule has 0 fully saturated rings.